The molecule has 2 unspecified atom stereocenters. The zero-order valence-electron chi connectivity index (χ0n) is 9.17. The summed E-state index contributed by atoms with van der Waals surface area (Å²) >= 11 is 2.40. The van der Waals surface area contributed by atoms with Crippen LogP contribution < -0.4 is 5.32 Å². The molecule has 0 bridgehead atoms. The van der Waals surface area contributed by atoms with E-state index in [4.69, 9.17) is 0 Å². The van der Waals surface area contributed by atoms with Gasteiger partial charge in [-0.1, -0.05) is 25.5 Å². The smallest absolute Gasteiger partial charge is 0.0478 e. The Balaban J connectivity index is 1.96. The summed E-state index contributed by atoms with van der Waals surface area (Å²) in [6.45, 7) is 2.30. The normalized spacial score (nSPS) is 25.5. The zero-order valence-corrected chi connectivity index (χ0v) is 11.3. The van der Waals surface area contributed by atoms with E-state index in [1.54, 1.807) is 0 Å². The van der Waals surface area contributed by atoms with Crippen molar-refractivity contribution in [3.05, 3.63) is 27.8 Å². The lowest BCUT2D eigenvalue weighted by atomic mass is 10.1. The van der Waals surface area contributed by atoms with Crippen LogP contribution in [0.4, 0.5) is 5.69 Å². The summed E-state index contributed by atoms with van der Waals surface area (Å²) in [6, 6.07) is 9.24. The maximum absolute atomic E-state index is 3.67. The van der Waals surface area contributed by atoms with Gasteiger partial charge in [0.2, 0.25) is 0 Å². The summed E-state index contributed by atoms with van der Waals surface area (Å²) in [7, 11) is 0. The molecule has 0 saturated heterocycles. The second-order valence-electron chi connectivity index (χ2n) is 4.41. The average Bonchev–Trinajstić information content (AvgIpc) is 2.69. The minimum atomic E-state index is 0.700. The third kappa shape index (κ3) is 2.86. The monoisotopic (exact) mass is 315 g/mol. The molecule has 1 aliphatic rings. The van der Waals surface area contributed by atoms with Gasteiger partial charge >= 0.3 is 0 Å². The van der Waals surface area contributed by atoms with E-state index >= 15 is 0 Å². The Morgan fingerprint density at radius 3 is 2.80 bits per heavy atom. The number of rotatable bonds is 3. The quantitative estimate of drug-likeness (QED) is 0.821. The van der Waals surface area contributed by atoms with Crippen LogP contribution in [0.15, 0.2) is 24.3 Å². The predicted molar refractivity (Wildman–Crippen MR) is 74.2 cm³/mol. The van der Waals surface area contributed by atoms with Gasteiger partial charge in [0.25, 0.3) is 0 Å². The molecule has 2 heteroatoms. The molecule has 0 aliphatic heterocycles. The highest BCUT2D eigenvalue weighted by molar-refractivity contribution is 14.1. The Kier molecular flexibility index (Phi) is 3.89. The van der Waals surface area contributed by atoms with Crippen LogP contribution in [0.1, 0.15) is 32.6 Å². The highest BCUT2D eigenvalue weighted by Gasteiger charge is 2.23. The van der Waals surface area contributed by atoms with Crippen molar-refractivity contribution in [1.29, 1.82) is 0 Å². The number of anilines is 1. The first-order chi connectivity index (χ1) is 7.29. The van der Waals surface area contributed by atoms with E-state index in [1.807, 2.05) is 0 Å². The first-order valence-corrected chi connectivity index (χ1v) is 6.88. The maximum atomic E-state index is 3.67. The van der Waals surface area contributed by atoms with Crippen LogP contribution in [0.2, 0.25) is 0 Å². The first-order valence-electron chi connectivity index (χ1n) is 5.80. The van der Waals surface area contributed by atoms with Crippen molar-refractivity contribution in [2.75, 3.05) is 5.32 Å². The van der Waals surface area contributed by atoms with Crippen molar-refractivity contribution in [2.24, 2.45) is 5.92 Å². The first kappa shape index (κ1) is 11.2. The molecule has 0 radical (unpaired) electrons. The molecule has 1 N–H and O–H groups in total. The van der Waals surface area contributed by atoms with Gasteiger partial charge in [0.1, 0.15) is 0 Å². The van der Waals surface area contributed by atoms with Gasteiger partial charge in [0.15, 0.2) is 0 Å². The van der Waals surface area contributed by atoms with E-state index < -0.39 is 0 Å². The minimum Gasteiger partial charge on any atom is -0.381 e. The van der Waals surface area contributed by atoms with Gasteiger partial charge in [0.05, 0.1) is 0 Å². The summed E-state index contributed by atoms with van der Waals surface area (Å²) in [5, 5.41) is 3.67. The van der Waals surface area contributed by atoms with Crippen LogP contribution in [-0.2, 0) is 0 Å². The summed E-state index contributed by atoms with van der Waals surface area (Å²) in [5.74, 6) is 0.948. The molecule has 1 aromatic carbocycles. The highest BCUT2D eigenvalue weighted by atomic mass is 127. The molecule has 1 aliphatic carbocycles. The van der Waals surface area contributed by atoms with E-state index in [9.17, 15) is 0 Å². The highest BCUT2D eigenvalue weighted by Crippen LogP contribution is 2.31. The molecule has 0 spiro atoms. The van der Waals surface area contributed by atoms with Gasteiger partial charge in [-0.15, -0.1) is 0 Å². The molecule has 1 saturated carbocycles. The maximum Gasteiger partial charge on any atom is 0.0478 e. The molecule has 0 amide bonds. The topological polar surface area (TPSA) is 12.0 Å². The second-order valence-corrected chi connectivity index (χ2v) is 5.57. The molecule has 1 aromatic rings. The van der Waals surface area contributed by atoms with Crippen LogP contribution in [0.3, 0.4) is 0 Å². The Bertz CT molecular complexity index is 324. The van der Waals surface area contributed by atoms with E-state index in [-0.39, 0.29) is 0 Å². The van der Waals surface area contributed by atoms with Gasteiger partial charge in [-0.05, 0) is 59.9 Å². The fourth-order valence-electron chi connectivity index (χ4n) is 2.38. The Hall–Kier alpha value is -0.250. The average molecular weight is 315 g/mol. The molecule has 1 fully saturated rings. The van der Waals surface area contributed by atoms with E-state index in [0.717, 1.165) is 5.92 Å². The van der Waals surface area contributed by atoms with Crippen molar-refractivity contribution in [2.45, 2.75) is 38.6 Å². The molecule has 82 valence electrons. The SMILES string of the molecule is CCC1CCC(Nc2ccccc2I)C1. The fraction of sp³-hybridized carbons (Fsp3) is 0.538. The van der Waals surface area contributed by atoms with Crippen LogP contribution in [0.25, 0.3) is 0 Å². The third-order valence-electron chi connectivity index (χ3n) is 3.35. The van der Waals surface area contributed by atoms with Crippen LogP contribution in [0.5, 0.6) is 0 Å². The van der Waals surface area contributed by atoms with Crippen LogP contribution in [0, 0.1) is 9.49 Å². The third-order valence-corrected chi connectivity index (χ3v) is 4.29. The minimum absolute atomic E-state index is 0.700. The van der Waals surface area contributed by atoms with Gasteiger partial charge < -0.3 is 5.32 Å². The Morgan fingerprint density at radius 2 is 2.13 bits per heavy atom. The summed E-state index contributed by atoms with van der Waals surface area (Å²) in [6.07, 6.45) is 5.42. The number of hydrogen-bond donors (Lipinski definition) is 1. The molecule has 1 nitrogen and oxygen atoms in total. The van der Waals surface area contributed by atoms with Crippen molar-refractivity contribution in [3.8, 4) is 0 Å². The van der Waals surface area contributed by atoms with Crippen molar-refractivity contribution in [1.82, 2.24) is 0 Å². The molecular formula is C13H18IN. The largest absolute Gasteiger partial charge is 0.381 e. The standard InChI is InChI=1S/C13H18IN/c1-2-10-7-8-11(9-10)15-13-6-4-3-5-12(13)14/h3-6,10-11,15H,2,7-9H2,1H3. The number of para-hydroxylation sites is 1. The van der Waals surface area contributed by atoms with Gasteiger partial charge in [0, 0.05) is 15.3 Å². The van der Waals surface area contributed by atoms with Gasteiger partial charge in [-0.25, -0.2) is 0 Å². The summed E-state index contributed by atoms with van der Waals surface area (Å²) < 4.78 is 1.33. The number of nitrogens with one attached hydrogen (secondary N) is 1. The molecular weight excluding hydrogens is 297 g/mol. The van der Waals surface area contributed by atoms with Gasteiger partial charge in [-0.3, -0.25) is 0 Å². The Morgan fingerprint density at radius 1 is 1.33 bits per heavy atom. The van der Waals surface area contributed by atoms with Crippen LogP contribution >= 0.6 is 22.6 Å². The molecule has 0 aromatic heterocycles. The van der Waals surface area contributed by atoms with Crippen molar-refractivity contribution in [3.63, 3.8) is 0 Å². The summed E-state index contributed by atoms with van der Waals surface area (Å²) in [4.78, 5) is 0. The predicted octanol–water partition coefficient (Wildman–Crippen LogP) is 4.28. The summed E-state index contributed by atoms with van der Waals surface area (Å²) in [5.41, 5.74) is 1.31. The second kappa shape index (κ2) is 5.19. The van der Waals surface area contributed by atoms with E-state index in [0.29, 0.717) is 6.04 Å². The Labute approximate surface area is 106 Å². The lowest BCUT2D eigenvalue weighted by molar-refractivity contribution is 0.525. The molecule has 2 atom stereocenters. The van der Waals surface area contributed by atoms with Crippen molar-refractivity contribution >= 4 is 28.3 Å². The van der Waals surface area contributed by atoms with Crippen molar-refractivity contribution < 1.29 is 0 Å². The lowest BCUT2D eigenvalue weighted by Gasteiger charge is -2.15. The number of benzene rings is 1. The van der Waals surface area contributed by atoms with Gasteiger partial charge in [-0.2, -0.15) is 0 Å². The zero-order chi connectivity index (χ0) is 10.7. The number of halogens is 1. The lowest BCUT2D eigenvalue weighted by Crippen LogP contribution is -2.16. The molecule has 0 heterocycles. The van der Waals surface area contributed by atoms with Crippen LogP contribution in [-0.4, -0.2) is 6.04 Å². The molecule has 2 rings (SSSR count). The fourth-order valence-corrected chi connectivity index (χ4v) is 2.92. The van der Waals surface area contributed by atoms with E-state index in [2.05, 4.69) is 59.1 Å². The number of hydrogen-bond acceptors (Lipinski definition) is 1. The molecule has 15 heavy (non-hydrogen) atoms. The van der Waals surface area contributed by atoms with E-state index in [1.165, 1.54) is 34.9 Å².